The number of benzene rings is 3. The van der Waals surface area contributed by atoms with Gasteiger partial charge in [0, 0.05) is 17.7 Å². The third-order valence-corrected chi connectivity index (χ3v) is 6.83. The summed E-state index contributed by atoms with van der Waals surface area (Å²) in [7, 11) is -3.85. The van der Waals surface area contributed by atoms with Gasteiger partial charge in [0.1, 0.15) is 15.9 Å². The van der Waals surface area contributed by atoms with Crippen molar-refractivity contribution in [3.8, 4) is 0 Å². The van der Waals surface area contributed by atoms with Crippen LogP contribution in [0.4, 0.5) is 5.69 Å². The van der Waals surface area contributed by atoms with Crippen molar-refractivity contribution >= 4 is 44.2 Å². The minimum absolute atomic E-state index is 0.115. The number of nitrogens with zero attached hydrogens (tertiary/aromatic N) is 3. The van der Waals surface area contributed by atoms with Crippen LogP contribution in [0.15, 0.2) is 76.6 Å². The topological polar surface area (TPSA) is 84.3 Å². The fourth-order valence-electron chi connectivity index (χ4n) is 3.55. The van der Waals surface area contributed by atoms with E-state index >= 15 is 0 Å². The Labute approximate surface area is 172 Å². The Morgan fingerprint density at radius 2 is 1.66 bits per heavy atom. The molecule has 0 aliphatic carbocycles. The zero-order valence-corrected chi connectivity index (χ0v) is 16.9. The van der Waals surface area contributed by atoms with Gasteiger partial charge < -0.3 is 0 Å². The molecule has 0 unspecified atom stereocenters. The van der Waals surface area contributed by atoms with Crippen LogP contribution in [0.1, 0.15) is 16.7 Å². The maximum Gasteiger partial charge on any atom is 0.264 e. The maximum atomic E-state index is 13.2. The van der Waals surface area contributed by atoms with Gasteiger partial charge >= 0.3 is 0 Å². The van der Waals surface area contributed by atoms with Gasteiger partial charge in [0.15, 0.2) is 0 Å². The summed E-state index contributed by atoms with van der Waals surface area (Å²) in [6.07, 6.45) is 0.881. The summed E-state index contributed by atoms with van der Waals surface area (Å²) < 4.78 is 37.4. The molecular formula is C21H16N4O2S2. The normalized spacial score (nSPS) is 13.7. The fourth-order valence-corrected chi connectivity index (χ4v) is 5.40. The van der Waals surface area contributed by atoms with Crippen molar-refractivity contribution in [2.45, 2.75) is 11.3 Å². The molecule has 3 aromatic carbocycles. The summed E-state index contributed by atoms with van der Waals surface area (Å²) in [6.45, 7) is 0.678. The molecule has 1 aliphatic rings. The highest BCUT2D eigenvalue weighted by Gasteiger charge is 2.23. The highest BCUT2D eigenvalue weighted by molar-refractivity contribution is 7.93. The van der Waals surface area contributed by atoms with Crippen LogP contribution in [0.5, 0.6) is 0 Å². The summed E-state index contributed by atoms with van der Waals surface area (Å²) in [5.41, 5.74) is 5.25. The first-order valence-electron chi connectivity index (χ1n) is 9.10. The second-order valence-corrected chi connectivity index (χ2v) is 8.86. The molecule has 0 spiro atoms. The molecule has 2 heterocycles. The number of hydrogen-bond donors (Lipinski definition) is 1. The van der Waals surface area contributed by atoms with Crippen LogP contribution in [-0.4, -0.2) is 29.4 Å². The van der Waals surface area contributed by atoms with Gasteiger partial charge in [0.05, 0.1) is 23.1 Å². The van der Waals surface area contributed by atoms with Gasteiger partial charge in [-0.05, 0) is 30.2 Å². The van der Waals surface area contributed by atoms with E-state index in [0.29, 0.717) is 23.3 Å². The van der Waals surface area contributed by atoms with E-state index in [0.717, 1.165) is 35.0 Å². The summed E-state index contributed by atoms with van der Waals surface area (Å²) in [5, 5.41) is 0. The molecule has 144 valence electrons. The zero-order valence-electron chi connectivity index (χ0n) is 15.2. The molecule has 4 aromatic rings. The average Bonchev–Trinajstić information content (AvgIpc) is 3.22. The van der Waals surface area contributed by atoms with Crippen molar-refractivity contribution in [1.29, 1.82) is 0 Å². The Balaban J connectivity index is 1.59. The first-order chi connectivity index (χ1) is 14.1. The molecule has 0 amide bonds. The zero-order chi connectivity index (χ0) is 19.8. The number of nitrogens with one attached hydrogen (secondary N) is 1. The molecule has 1 aliphatic heterocycles. The predicted molar refractivity (Wildman–Crippen MR) is 115 cm³/mol. The quantitative estimate of drug-likeness (QED) is 0.543. The molecule has 6 nitrogen and oxygen atoms in total. The number of aliphatic imine (C=N–C) groups is 1. The molecule has 29 heavy (non-hydrogen) atoms. The number of para-hydroxylation sites is 1. The van der Waals surface area contributed by atoms with Crippen molar-refractivity contribution in [2.24, 2.45) is 4.99 Å². The van der Waals surface area contributed by atoms with Gasteiger partial charge in [0.2, 0.25) is 0 Å². The molecule has 0 fully saturated rings. The number of rotatable bonds is 4. The number of fused-ring (bicyclic) bond motifs is 2. The average molecular weight is 421 g/mol. The van der Waals surface area contributed by atoms with Crippen LogP contribution in [0.25, 0.3) is 11.0 Å². The van der Waals surface area contributed by atoms with Crippen molar-refractivity contribution in [3.63, 3.8) is 0 Å². The fraction of sp³-hybridized carbons (Fsp3) is 0.0952. The second kappa shape index (κ2) is 7.06. The molecule has 1 aromatic heterocycles. The van der Waals surface area contributed by atoms with E-state index in [1.54, 1.807) is 24.3 Å². The number of aromatic nitrogens is 2. The Kier molecular flexibility index (Phi) is 4.37. The van der Waals surface area contributed by atoms with Crippen LogP contribution in [0.3, 0.4) is 0 Å². The van der Waals surface area contributed by atoms with Gasteiger partial charge in [-0.25, -0.2) is 8.42 Å². The van der Waals surface area contributed by atoms with Crippen molar-refractivity contribution < 1.29 is 8.42 Å². The van der Waals surface area contributed by atoms with E-state index in [4.69, 9.17) is 4.99 Å². The summed E-state index contributed by atoms with van der Waals surface area (Å²) in [5.74, 6) is 0. The van der Waals surface area contributed by atoms with Crippen molar-refractivity contribution in [2.75, 3.05) is 11.3 Å². The lowest BCUT2D eigenvalue weighted by molar-refractivity contribution is 0.602. The van der Waals surface area contributed by atoms with E-state index in [1.807, 2.05) is 36.4 Å². The van der Waals surface area contributed by atoms with Crippen molar-refractivity contribution in [1.82, 2.24) is 8.75 Å². The van der Waals surface area contributed by atoms with Crippen molar-refractivity contribution in [3.05, 3.63) is 83.4 Å². The minimum atomic E-state index is -3.85. The largest absolute Gasteiger partial charge is 0.284 e. The number of sulfonamides is 1. The lowest BCUT2D eigenvalue weighted by Gasteiger charge is -2.19. The SMILES string of the molecule is O=S(=O)(Nc1ccccc1C1=NCCc2ccccc21)c1cccc2nsnc12. The lowest BCUT2D eigenvalue weighted by Crippen LogP contribution is -2.19. The molecule has 0 bridgehead atoms. The van der Waals surface area contributed by atoms with Crippen LogP contribution < -0.4 is 4.72 Å². The molecule has 1 N–H and O–H groups in total. The highest BCUT2D eigenvalue weighted by atomic mass is 32.2. The molecule has 0 radical (unpaired) electrons. The Hall–Kier alpha value is -3.10. The summed E-state index contributed by atoms with van der Waals surface area (Å²) in [4.78, 5) is 4.82. The van der Waals surface area contributed by atoms with Crippen LogP contribution >= 0.6 is 11.7 Å². The standard InChI is InChI=1S/C21H16N4O2S2/c26-29(27,19-11-5-10-18-21(19)24-28-23-18)25-17-9-4-3-8-16(17)20-15-7-2-1-6-14(15)12-13-22-20/h1-11,25H,12-13H2. The van der Waals surface area contributed by atoms with Gasteiger partial charge in [-0.3, -0.25) is 9.71 Å². The smallest absolute Gasteiger partial charge is 0.264 e. The monoisotopic (exact) mass is 420 g/mol. The Morgan fingerprint density at radius 3 is 2.55 bits per heavy atom. The van der Waals surface area contributed by atoms with Crippen LogP contribution in [0, 0.1) is 0 Å². The molecule has 0 saturated carbocycles. The van der Waals surface area contributed by atoms with Gasteiger partial charge in [0.25, 0.3) is 10.0 Å². The Bertz CT molecular complexity index is 1360. The van der Waals surface area contributed by atoms with Gasteiger partial charge in [-0.15, -0.1) is 0 Å². The third-order valence-electron chi connectivity index (χ3n) is 4.89. The van der Waals surface area contributed by atoms with Gasteiger partial charge in [-0.1, -0.05) is 48.5 Å². The predicted octanol–water partition coefficient (Wildman–Crippen LogP) is 3.89. The van der Waals surface area contributed by atoms with Gasteiger partial charge in [-0.2, -0.15) is 8.75 Å². The van der Waals surface area contributed by atoms with E-state index < -0.39 is 10.0 Å². The molecule has 8 heteroatoms. The van der Waals surface area contributed by atoms with E-state index in [2.05, 4.69) is 19.5 Å². The first-order valence-corrected chi connectivity index (χ1v) is 11.3. The number of anilines is 1. The maximum absolute atomic E-state index is 13.2. The van der Waals surface area contributed by atoms with E-state index in [1.165, 1.54) is 5.56 Å². The van der Waals surface area contributed by atoms with Crippen LogP contribution in [-0.2, 0) is 16.4 Å². The summed E-state index contributed by atoms with van der Waals surface area (Å²) in [6, 6.07) is 20.4. The molecule has 0 saturated heterocycles. The lowest BCUT2D eigenvalue weighted by atomic mass is 9.93. The molecular weight excluding hydrogens is 404 g/mol. The molecule has 5 rings (SSSR count). The first kappa shape index (κ1) is 18.0. The van der Waals surface area contributed by atoms with E-state index in [-0.39, 0.29) is 4.90 Å². The molecule has 0 atom stereocenters. The summed E-state index contributed by atoms with van der Waals surface area (Å²) >= 11 is 0.996. The number of hydrogen-bond acceptors (Lipinski definition) is 6. The second-order valence-electron chi connectivity index (χ2n) is 6.68. The van der Waals surface area contributed by atoms with Crippen LogP contribution in [0.2, 0.25) is 0 Å². The third kappa shape index (κ3) is 3.20. The van der Waals surface area contributed by atoms with E-state index in [9.17, 15) is 8.42 Å². The Morgan fingerprint density at radius 1 is 0.862 bits per heavy atom. The highest BCUT2D eigenvalue weighted by Crippen LogP contribution is 2.28. The minimum Gasteiger partial charge on any atom is -0.284 e.